The quantitative estimate of drug-likeness (QED) is 0.169. The van der Waals surface area contributed by atoms with Crippen molar-refractivity contribution in [2.24, 2.45) is 0 Å². The van der Waals surface area contributed by atoms with Gasteiger partial charge in [-0.1, -0.05) is 48.5 Å². The van der Waals surface area contributed by atoms with Crippen molar-refractivity contribution < 1.29 is 0 Å². The Hall–Kier alpha value is -1.98. The number of hydrogen-bond donors (Lipinski definition) is 0. The van der Waals surface area contributed by atoms with Gasteiger partial charge in [0.25, 0.3) is 0 Å². The molecule has 4 aromatic carbocycles. The minimum absolute atomic E-state index is 1.23. The fraction of sp³-hybridized carbons (Fsp3) is 0.133. The van der Waals surface area contributed by atoms with E-state index in [1.807, 2.05) is 0 Å². The molecule has 0 N–H and O–H groups in total. The summed E-state index contributed by atoms with van der Waals surface area (Å²) >= 11 is 7.10. The van der Waals surface area contributed by atoms with Crippen LogP contribution in [0.3, 0.4) is 0 Å². The predicted octanol–water partition coefficient (Wildman–Crippen LogP) is 9.58. The van der Waals surface area contributed by atoms with Crippen molar-refractivity contribution in [2.45, 2.75) is 19.6 Å². The van der Waals surface area contributed by atoms with Crippen LogP contribution in [0.1, 0.15) is 22.3 Å². The smallest absolute Gasteiger partial charge is 0.00695 e. The third-order valence-electron chi connectivity index (χ3n) is 5.76. The molecule has 0 radical (unpaired) electrons. The molecule has 4 aromatic rings. The third kappa shape index (κ3) is 5.80. The van der Waals surface area contributed by atoms with E-state index in [1.165, 1.54) is 53.0 Å². The highest BCUT2D eigenvalue weighted by Gasteiger charge is 2.17. The average Bonchev–Trinajstić information content (AvgIpc) is 2.92. The Morgan fingerprint density at radius 2 is 0.500 bits per heavy atom. The van der Waals surface area contributed by atoms with E-state index in [9.17, 15) is 0 Å². The van der Waals surface area contributed by atoms with Crippen molar-refractivity contribution in [3.63, 3.8) is 0 Å². The minimum Gasteiger partial charge on any atom is -0.130 e. The summed E-state index contributed by atoms with van der Waals surface area (Å²) in [7, 11) is 0. The molecule has 0 spiro atoms. The van der Waals surface area contributed by atoms with Crippen LogP contribution < -0.4 is 0 Å². The normalized spacial score (nSPS) is 10.8. The summed E-state index contributed by atoms with van der Waals surface area (Å²) in [6.45, 7) is 0. The van der Waals surface area contributed by atoms with Gasteiger partial charge in [-0.25, -0.2) is 0 Å². The van der Waals surface area contributed by atoms with E-state index in [1.54, 1.807) is 47.0 Å². The number of rotatable bonds is 8. The monoisotopic (exact) mass is 516 g/mol. The van der Waals surface area contributed by atoms with Gasteiger partial charge in [-0.2, -0.15) is 0 Å². The van der Waals surface area contributed by atoms with Crippen LogP contribution in [0.25, 0.3) is 11.1 Å². The first-order valence-electron chi connectivity index (χ1n) is 11.0. The first-order chi connectivity index (χ1) is 16.7. The van der Waals surface area contributed by atoms with Crippen molar-refractivity contribution in [1.29, 1.82) is 0 Å². The summed E-state index contributed by atoms with van der Waals surface area (Å²) in [5.74, 6) is 0. The summed E-state index contributed by atoms with van der Waals surface area (Å²) in [6.07, 6.45) is 8.50. The summed E-state index contributed by atoms with van der Waals surface area (Å²) in [5.41, 5.74) is 7.43. The number of thioether (sulfide) groups is 4. The topological polar surface area (TPSA) is 0 Å². The molecule has 34 heavy (non-hydrogen) atoms. The highest BCUT2D eigenvalue weighted by Crippen LogP contribution is 2.38. The van der Waals surface area contributed by atoms with E-state index in [4.69, 9.17) is 0 Å². The maximum absolute atomic E-state index is 2.26. The van der Waals surface area contributed by atoms with Crippen LogP contribution in [-0.2, 0) is 0 Å². The van der Waals surface area contributed by atoms with E-state index in [0.717, 1.165) is 0 Å². The molecule has 0 aliphatic rings. The van der Waals surface area contributed by atoms with Gasteiger partial charge in [-0.05, 0) is 107 Å². The van der Waals surface area contributed by atoms with E-state index in [-0.39, 0.29) is 0 Å². The Labute approximate surface area is 221 Å². The van der Waals surface area contributed by atoms with E-state index in [2.05, 4.69) is 122 Å². The van der Waals surface area contributed by atoms with Crippen LogP contribution in [0.4, 0.5) is 0 Å². The second-order valence-electron chi connectivity index (χ2n) is 7.66. The van der Waals surface area contributed by atoms with Crippen molar-refractivity contribution in [3.8, 4) is 0 Å². The summed E-state index contributed by atoms with van der Waals surface area (Å²) in [4.78, 5) is 5.10. The summed E-state index contributed by atoms with van der Waals surface area (Å²) < 4.78 is 0. The van der Waals surface area contributed by atoms with E-state index < -0.39 is 0 Å². The molecule has 0 saturated heterocycles. The number of benzene rings is 4. The molecule has 0 aliphatic carbocycles. The average molecular weight is 517 g/mol. The van der Waals surface area contributed by atoms with Gasteiger partial charge >= 0.3 is 0 Å². The van der Waals surface area contributed by atoms with E-state index in [0.29, 0.717) is 0 Å². The van der Waals surface area contributed by atoms with Gasteiger partial charge in [0.05, 0.1) is 0 Å². The largest absolute Gasteiger partial charge is 0.130 e. The highest BCUT2D eigenvalue weighted by atomic mass is 32.2. The van der Waals surface area contributed by atoms with Crippen molar-refractivity contribution in [1.82, 2.24) is 0 Å². The Bertz CT molecular complexity index is 1040. The molecule has 0 fully saturated rings. The second kappa shape index (κ2) is 12.1. The molecule has 0 heterocycles. The van der Waals surface area contributed by atoms with Crippen LogP contribution in [0, 0.1) is 0 Å². The second-order valence-corrected chi connectivity index (χ2v) is 11.2. The molecule has 0 amide bonds. The third-order valence-corrected chi connectivity index (χ3v) is 8.74. The van der Waals surface area contributed by atoms with Gasteiger partial charge in [-0.15, -0.1) is 47.0 Å². The zero-order chi connectivity index (χ0) is 23.9. The Morgan fingerprint density at radius 1 is 0.324 bits per heavy atom. The standard InChI is InChI=1S/C30H28S4/c1-31-25-13-5-21(6-14-25)29(22-7-15-26(32-2)16-8-22)30(23-9-17-27(33-3)18-10-23)24-11-19-28(34-4)20-12-24/h5-20H,1-4H3. The van der Waals surface area contributed by atoms with Crippen molar-refractivity contribution >= 4 is 58.2 Å². The van der Waals surface area contributed by atoms with Crippen molar-refractivity contribution in [3.05, 3.63) is 119 Å². The van der Waals surface area contributed by atoms with Crippen LogP contribution >= 0.6 is 47.0 Å². The maximum atomic E-state index is 2.26. The number of hydrogen-bond acceptors (Lipinski definition) is 4. The molecular weight excluding hydrogens is 489 g/mol. The van der Waals surface area contributed by atoms with Gasteiger partial charge < -0.3 is 0 Å². The van der Waals surface area contributed by atoms with Gasteiger partial charge in [0, 0.05) is 19.6 Å². The molecule has 0 nitrogen and oxygen atoms in total. The molecule has 0 unspecified atom stereocenters. The van der Waals surface area contributed by atoms with E-state index >= 15 is 0 Å². The molecule has 172 valence electrons. The zero-order valence-electron chi connectivity index (χ0n) is 19.9. The lowest BCUT2D eigenvalue weighted by Gasteiger charge is -2.19. The SMILES string of the molecule is CSc1ccc(C(=C(c2ccc(SC)cc2)c2ccc(SC)cc2)c2ccc(SC)cc2)cc1. The summed E-state index contributed by atoms with van der Waals surface area (Å²) in [5, 5.41) is 0. The first-order valence-corrected chi connectivity index (χ1v) is 15.9. The lowest BCUT2D eigenvalue weighted by Crippen LogP contribution is -1.98. The molecule has 0 aliphatic heterocycles. The maximum Gasteiger partial charge on any atom is 0.00695 e. The molecule has 0 saturated carbocycles. The fourth-order valence-electron chi connectivity index (χ4n) is 3.94. The lowest BCUT2D eigenvalue weighted by molar-refractivity contribution is 1.38. The summed E-state index contributed by atoms with van der Waals surface area (Å²) in [6, 6.07) is 35.9. The molecule has 0 atom stereocenters. The van der Waals surface area contributed by atoms with Crippen LogP contribution in [0.2, 0.25) is 0 Å². The van der Waals surface area contributed by atoms with Gasteiger partial charge in [0.2, 0.25) is 0 Å². The van der Waals surface area contributed by atoms with Crippen molar-refractivity contribution in [2.75, 3.05) is 25.0 Å². The Kier molecular flexibility index (Phi) is 8.96. The highest BCUT2D eigenvalue weighted by molar-refractivity contribution is 7.99. The van der Waals surface area contributed by atoms with Crippen LogP contribution in [-0.4, -0.2) is 25.0 Å². The predicted molar refractivity (Wildman–Crippen MR) is 158 cm³/mol. The fourth-order valence-corrected chi connectivity index (χ4v) is 5.57. The zero-order valence-corrected chi connectivity index (χ0v) is 23.1. The lowest BCUT2D eigenvalue weighted by atomic mass is 9.86. The van der Waals surface area contributed by atoms with Gasteiger partial charge in [0.1, 0.15) is 0 Å². The molecule has 4 rings (SSSR count). The first kappa shape index (κ1) is 25.1. The minimum atomic E-state index is 1.23. The van der Waals surface area contributed by atoms with Crippen LogP contribution in [0.5, 0.6) is 0 Å². The Morgan fingerprint density at radius 3 is 0.647 bits per heavy atom. The van der Waals surface area contributed by atoms with Crippen LogP contribution in [0.15, 0.2) is 117 Å². The molecule has 0 bridgehead atoms. The van der Waals surface area contributed by atoms with Gasteiger partial charge in [-0.3, -0.25) is 0 Å². The Balaban J connectivity index is 2.02. The molecular formula is C30H28S4. The molecule has 4 heteroatoms. The molecule has 0 aromatic heterocycles. The van der Waals surface area contributed by atoms with Gasteiger partial charge in [0.15, 0.2) is 0 Å².